The van der Waals surface area contributed by atoms with E-state index in [2.05, 4.69) is 22.7 Å². The molecule has 5 nitrogen and oxygen atoms in total. The van der Waals surface area contributed by atoms with Crippen molar-refractivity contribution in [2.45, 2.75) is 20.4 Å². The summed E-state index contributed by atoms with van der Waals surface area (Å²) in [5.74, 6) is -0.207. The third kappa shape index (κ3) is 4.50. The number of nitrogens with one attached hydrogen (secondary N) is 2. The minimum absolute atomic E-state index is 0. The molecular formula is C20H23ClN4O. The van der Waals surface area contributed by atoms with E-state index in [-0.39, 0.29) is 18.3 Å². The Balaban J connectivity index is 0.00000243. The van der Waals surface area contributed by atoms with Crippen molar-refractivity contribution in [3.8, 4) is 5.69 Å². The van der Waals surface area contributed by atoms with Crippen LogP contribution in [0, 0.1) is 6.92 Å². The van der Waals surface area contributed by atoms with Gasteiger partial charge in [-0.05, 0) is 43.3 Å². The summed E-state index contributed by atoms with van der Waals surface area (Å²) in [5.41, 5.74) is 4.11. The summed E-state index contributed by atoms with van der Waals surface area (Å²) in [6.45, 7) is 5.59. The molecule has 2 N–H and O–H groups in total. The van der Waals surface area contributed by atoms with Gasteiger partial charge in [-0.3, -0.25) is 4.79 Å². The van der Waals surface area contributed by atoms with E-state index in [9.17, 15) is 4.79 Å². The first-order valence-electron chi connectivity index (χ1n) is 8.41. The maximum atomic E-state index is 12.6. The number of hydrogen-bond donors (Lipinski definition) is 2. The minimum Gasteiger partial charge on any atom is -0.320 e. The van der Waals surface area contributed by atoms with Crippen molar-refractivity contribution in [3.63, 3.8) is 0 Å². The number of rotatable bonds is 6. The zero-order valence-corrected chi connectivity index (χ0v) is 15.7. The molecular weight excluding hydrogens is 348 g/mol. The number of para-hydroxylation sites is 2. The number of amides is 1. The monoisotopic (exact) mass is 370 g/mol. The fourth-order valence-corrected chi connectivity index (χ4v) is 2.66. The quantitative estimate of drug-likeness (QED) is 0.690. The van der Waals surface area contributed by atoms with Gasteiger partial charge in [0.15, 0.2) is 5.69 Å². The number of nitrogens with zero attached hydrogens (tertiary/aromatic N) is 2. The van der Waals surface area contributed by atoms with Gasteiger partial charge in [-0.25, -0.2) is 4.68 Å². The number of benzene rings is 2. The van der Waals surface area contributed by atoms with E-state index in [4.69, 9.17) is 0 Å². The SMILES string of the molecule is CCNCc1ccccc1NC(=O)c1cc(C)n(-c2ccccc2)n1.Cl. The highest BCUT2D eigenvalue weighted by Gasteiger charge is 2.14. The molecule has 0 aliphatic rings. The lowest BCUT2D eigenvalue weighted by Crippen LogP contribution is -2.17. The van der Waals surface area contributed by atoms with Crippen molar-refractivity contribution >= 4 is 24.0 Å². The molecule has 0 unspecified atom stereocenters. The van der Waals surface area contributed by atoms with Crippen molar-refractivity contribution in [3.05, 3.63) is 77.6 Å². The van der Waals surface area contributed by atoms with Gasteiger partial charge < -0.3 is 10.6 Å². The van der Waals surface area contributed by atoms with E-state index in [1.54, 1.807) is 10.7 Å². The predicted molar refractivity (Wildman–Crippen MR) is 107 cm³/mol. The smallest absolute Gasteiger partial charge is 0.276 e. The van der Waals surface area contributed by atoms with E-state index in [0.717, 1.165) is 29.2 Å². The molecule has 0 bridgehead atoms. The Kier molecular flexibility index (Phi) is 6.95. The van der Waals surface area contributed by atoms with E-state index < -0.39 is 0 Å². The first kappa shape index (κ1) is 19.7. The highest BCUT2D eigenvalue weighted by Crippen LogP contribution is 2.17. The Morgan fingerprint density at radius 1 is 1.08 bits per heavy atom. The lowest BCUT2D eigenvalue weighted by atomic mass is 10.1. The topological polar surface area (TPSA) is 58.9 Å². The van der Waals surface area contributed by atoms with Crippen molar-refractivity contribution < 1.29 is 4.79 Å². The Hall–Kier alpha value is -2.63. The van der Waals surface area contributed by atoms with Crippen LogP contribution in [0.4, 0.5) is 5.69 Å². The van der Waals surface area contributed by atoms with Crippen LogP contribution < -0.4 is 10.6 Å². The summed E-state index contributed by atoms with van der Waals surface area (Å²) in [4.78, 5) is 12.6. The molecule has 6 heteroatoms. The summed E-state index contributed by atoms with van der Waals surface area (Å²) >= 11 is 0. The molecule has 1 heterocycles. The number of carbonyl (C=O) groups excluding carboxylic acids is 1. The highest BCUT2D eigenvalue weighted by molar-refractivity contribution is 6.03. The second-order valence-corrected chi connectivity index (χ2v) is 5.81. The highest BCUT2D eigenvalue weighted by atomic mass is 35.5. The first-order chi connectivity index (χ1) is 12.2. The van der Waals surface area contributed by atoms with Crippen molar-refractivity contribution in [1.82, 2.24) is 15.1 Å². The molecule has 0 aliphatic carbocycles. The summed E-state index contributed by atoms with van der Waals surface area (Å²) in [7, 11) is 0. The van der Waals surface area contributed by atoms with Gasteiger partial charge in [0.2, 0.25) is 0 Å². The minimum atomic E-state index is -0.207. The molecule has 2 aromatic carbocycles. The van der Waals surface area contributed by atoms with E-state index in [1.165, 1.54) is 0 Å². The largest absolute Gasteiger partial charge is 0.320 e. The Bertz CT molecular complexity index is 861. The molecule has 0 aliphatic heterocycles. The molecule has 1 amide bonds. The number of anilines is 1. The predicted octanol–water partition coefficient (Wildman–Crippen LogP) is 3.96. The standard InChI is InChI=1S/C20H22N4O.ClH/c1-3-21-14-16-9-7-8-12-18(16)22-20(25)19-13-15(2)24(23-19)17-10-5-4-6-11-17;/h4-13,21H,3,14H2,1-2H3,(H,22,25);1H. The zero-order chi connectivity index (χ0) is 17.6. The van der Waals surface area contributed by atoms with Gasteiger partial charge in [-0.1, -0.05) is 43.3 Å². The molecule has 0 saturated carbocycles. The van der Waals surface area contributed by atoms with Crippen LogP contribution in [-0.4, -0.2) is 22.2 Å². The zero-order valence-electron chi connectivity index (χ0n) is 14.9. The summed E-state index contributed by atoms with van der Waals surface area (Å²) < 4.78 is 1.78. The van der Waals surface area contributed by atoms with Crippen LogP contribution in [0.2, 0.25) is 0 Å². The summed E-state index contributed by atoms with van der Waals surface area (Å²) in [6, 6.07) is 19.4. The molecule has 0 atom stereocenters. The number of hydrogen-bond acceptors (Lipinski definition) is 3. The number of carbonyl (C=O) groups is 1. The van der Waals surface area contributed by atoms with E-state index in [1.807, 2.05) is 61.5 Å². The van der Waals surface area contributed by atoms with Crippen LogP contribution in [0.15, 0.2) is 60.7 Å². The fraction of sp³-hybridized carbons (Fsp3) is 0.200. The van der Waals surface area contributed by atoms with E-state index in [0.29, 0.717) is 12.2 Å². The van der Waals surface area contributed by atoms with Crippen LogP contribution in [-0.2, 0) is 6.54 Å². The molecule has 0 saturated heterocycles. The number of halogens is 1. The fourth-order valence-electron chi connectivity index (χ4n) is 2.66. The van der Waals surface area contributed by atoms with Crippen molar-refractivity contribution in [2.75, 3.05) is 11.9 Å². The molecule has 3 aromatic rings. The molecule has 3 rings (SSSR count). The lowest BCUT2D eigenvalue weighted by molar-refractivity contribution is 0.102. The first-order valence-corrected chi connectivity index (χ1v) is 8.41. The molecule has 136 valence electrons. The number of aromatic nitrogens is 2. The lowest BCUT2D eigenvalue weighted by Gasteiger charge is -2.10. The Morgan fingerprint density at radius 2 is 1.77 bits per heavy atom. The van der Waals surface area contributed by atoms with Gasteiger partial charge >= 0.3 is 0 Å². The molecule has 0 fully saturated rings. The van der Waals surface area contributed by atoms with Crippen molar-refractivity contribution in [2.24, 2.45) is 0 Å². The molecule has 1 aromatic heterocycles. The Labute approximate surface area is 159 Å². The third-order valence-corrected chi connectivity index (χ3v) is 3.95. The second-order valence-electron chi connectivity index (χ2n) is 5.81. The van der Waals surface area contributed by atoms with E-state index >= 15 is 0 Å². The molecule has 0 radical (unpaired) electrons. The molecule has 26 heavy (non-hydrogen) atoms. The maximum Gasteiger partial charge on any atom is 0.276 e. The normalized spacial score (nSPS) is 10.2. The van der Waals surface area contributed by atoms with Gasteiger partial charge in [0.1, 0.15) is 0 Å². The third-order valence-electron chi connectivity index (χ3n) is 3.95. The van der Waals surface area contributed by atoms with Crippen LogP contribution in [0.3, 0.4) is 0 Å². The van der Waals surface area contributed by atoms with Gasteiger partial charge in [-0.15, -0.1) is 12.4 Å². The second kappa shape index (κ2) is 9.17. The molecule has 0 spiro atoms. The van der Waals surface area contributed by atoms with Crippen LogP contribution in [0.5, 0.6) is 0 Å². The van der Waals surface area contributed by atoms with Gasteiger partial charge in [0, 0.05) is 17.9 Å². The Morgan fingerprint density at radius 3 is 2.50 bits per heavy atom. The average molecular weight is 371 g/mol. The van der Waals surface area contributed by atoms with Gasteiger partial charge in [0.25, 0.3) is 5.91 Å². The van der Waals surface area contributed by atoms with Crippen LogP contribution >= 0.6 is 12.4 Å². The average Bonchev–Trinajstić information content (AvgIpc) is 3.03. The summed E-state index contributed by atoms with van der Waals surface area (Å²) in [5, 5.41) is 10.7. The van der Waals surface area contributed by atoms with Gasteiger partial charge in [-0.2, -0.15) is 5.10 Å². The summed E-state index contributed by atoms with van der Waals surface area (Å²) in [6.07, 6.45) is 0. The van der Waals surface area contributed by atoms with Crippen molar-refractivity contribution in [1.29, 1.82) is 0 Å². The van der Waals surface area contributed by atoms with Crippen LogP contribution in [0.1, 0.15) is 28.7 Å². The maximum absolute atomic E-state index is 12.6. The number of aryl methyl sites for hydroxylation is 1. The van der Waals surface area contributed by atoms with Gasteiger partial charge in [0.05, 0.1) is 5.69 Å². The van der Waals surface area contributed by atoms with Crippen LogP contribution in [0.25, 0.3) is 5.69 Å².